The van der Waals surface area contributed by atoms with Crippen LogP contribution in [-0.2, 0) is 4.79 Å². The predicted molar refractivity (Wildman–Crippen MR) is 44.2 cm³/mol. The minimum Gasteiger partial charge on any atom is -0.295 e. The lowest BCUT2D eigenvalue weighted by Crippen LogP contribution is -2.12. The fraction of sp³-hybridized carbons (Fsp3) is 0.500. The Kier molecular flexibility index (Phi) is 1.45. The number of carbonyl (C=O) groups is 1. The molecule has 1 atom stereocenters. The second kappa shape index (κ2) is 2.33. The van der Waals surface area contributed by atoms with Gasteiger partial charge in [0, 0.05) is 6.42 Å². The van der Waals surface area contributed by atoms with Crippen molar-refractivity contribution in [3.63, 3.8) is 0 Å². The summed E-state index contributed by atoms with van der Waals surface area (Å²) in [6.45, 7) is 2.04. The molecule has 0 heterocycles. The number of carbonyl (C=O) groups excluding carboxylic acids is 1. The molecule has 1 nitrogen and oxygen atoms in total. The molecule has 0 aromatic heterocycles. The molecule has 0 saturated heterocycles. The Hall–Kier alpha value is -0.850. The van der Waals surface area contributed by atoms with Crippen molar-refractivity contribution in [2.45, 2.75) is 26.2 Å². The third kappa shape index (κ3) is 1.05. The van der Waals surface area contributed by atoms with Crippen LogP contribution in [0.4, 0.5) is 0 Å². The third-order valence-corrected chi connectivity index (χ3v) is 2.60. The molecule has 0 aromatic rings. The van der Waals surface area contributed by atoms with E-state index in [1.807, 2.05) is 6.92 Å². The number of hydrogen-bond acceptors (Lipinski definition) is 1. The molecule has 0 N–H and O–H groups in total. The smallest absolute Gasteiger partial charge is 0.156 e. The van der Waals surface area contributed by atoms with E-state index in [0.29, 0.717) is 11.7 Å². The molecule has 11 heavy (non-hydrogen) atoms. The SMILES string of the molecule is CC1=CC(=O)CC2CCC=C12. The molecule has 2 rings (SSSR count). The number of hydrogen-bond donors (Lipinski definition) is 0. The van der Waals surface area contributed by atoms with Gasteiger partial charge in [-0.1, -0.05) is 6.08 Å². The Balaban J connectivity index is 2.36. The Morgan fingerprint density at radius 2 is 2.36 bits per heavy atom. The summed E-state index contributed by atoms with van der Waals surface area (Å²) in [5.41, 5.74) is 2.63. The Morgan fingerprint density at radius 3 is 3.18 bits per heavy atom. The van der Waals surface area contributed by atoms with Crippen molar-refractivity contribution in [1.82, 2.24) is 0 Å². The largest absolute Gasteiger partial charge is 0.295 e. The maximum absolute atomic E-state index is 11.1. The molecular weight excluding hydrogens is 136 g/mol. The Bertz CT molecular complexity index is 258. The fourth-order valence-corrected chi connectivity index (χ4v) is 2.08. The van der Waals surface area contributed by atoms with Gasteiger partial charge in [-0.25, -0.2) is 0 Å². The van der Waals surface area contributed by atoms with Gasteiger partial charge in [0.15, 0.2) is 5.78 Å². The van der Waals surface area contributed by atoms with Gasteiger partial charge < -0.3 is 0 Å². The number of fused-ring (bicyclic) bond motifs is 1. The minimum atomic E-state index is 0.312. The van der Waals surface area contributed by atoms with Crippen molar-refractivity contribution in [3.05, 3.63) is 23.3 Å². The zero-order chi connectivity index (χ0) is 7.84. The Labute approximate surface area is 66.8 Å². The van der Waals surface area contributed by atoms with Crippen LogP contribution in [0.15, 0.2) is 23.3 Å². The van der Waals surface area contributed by atoms with E-state index < -0.39 is 0 Å². The average molecular weight is 148 g/mol. The highest BCUT2D eigenvalue weighted by atomic mass is 16.1. The molecule has 0 aromatic carbocycles. The van der Waals surface area contributed by atoms with E-state index in [9.17, 15) is 4.79 Å². The first-order valence-electron chi connectivity index (χ1n) is 4.19. The molecule has 0 spiro atoms. The highest BCUT2D eigenvalue weighted by Gasteiger charge is 2.26. The lowest BCUT2D eigenvalue weighted by atomic mass is 9.86. The van der Waals surface area contributed by atoms with Gasteiger partial charge >= 0.3 is 0 Å². The van der Waals surface area contributed by atoms with Gasteiger partial charge in [0.25, 0.3) is 0 Å². The molecule has 0 fully saturated rings. The van der Waals surface area contributed by atoms with Gasteiger partial charge in [0.2, 0.25) is 0 Å². The van der Waals surface area contributed by atoms with E-state index >= 15 is 0 Å². The van der Waals surface area contributed by atoms with Crippen LogP contribution >= 0.6 is 0 Å². The first-order valence-corrected chi connectivity index (χ1v) is 4.19. The summed E-state index contributed by atoms with van der Waals surface area (Å²) < 4.78 is 0. The molecule has 0 bridgehead atoms. The van der Waals surface area contributed by atoms with Crippen molar-refractivity contribution < 1.29 is 4.79 Å². The first kappa shape index (κ1) is 6.84. The maximum atomic E-state index is 11.1. The number of allylic oxidation sites excluding steroid dienone is 4. The van der Waals surface area contributed by atoms with Crippen molar-refractivity contribution in [2.24, 2.45) is 5.92 Å². The van der Waals surface area contributed by atoms with Crippen molar-refractivity contribution in [2.75, 3.05) is 0 Å². The summed E-state index contributed by atoms with van der Waals surface area (Å²) in [7, 11) is 0. The lowest BCUT2D eigenvalue weighted by Gasteiger charge is -2.18. The van der Waals surface area contributed by atoms with E-state index in [2.05, 4.69) is 6.08 Å². The third-order valence-electron chi connectivity index (χ3n) is 2.60. The molecule has 0 aliphatic heterocycles. The van der Waals surface area contributed by atoms with E-state index in [-0.39, 0.29) is 0 Å². The minimum absolute atomic E-state index is 0.312. The summed E-state index contributed by atoms with van der Waals surface area (Å²) in [5.74, 6) is 0.874. The van der Waals surface area contributed by atoms with Crippen LogP contribution in [-0.4, -0.2) is 5.78 Å². The van der Waals surface area contributed by atoms with Crippen LogP contribution in [0.5, 0.6) is 0 Å². The second-order valence-corrected chi connectivity index (χ2v) is 3.43. The van der Waals surface area contributed by atoms with Crippen molar-refractivity contribution >= 4 is 5.78 Å². The Morgan fingerprint density at radius 1 is 1.55 bits per heavy atom. The van der Waals surface area contributed by atoms with E-state index in [1.54, 1.807) is 6.08 Å². The number of rotatable bonds is 0. The second-order valence-electron chi connectivity index (χ2n) is 3.43. The highest BCUT2D eigenvalue weighted by Crippen LogP contribution is 2.36. The monoisotopic (exact) mass is 148 g/mol. The molecular formula is C10H12O. The quantitative estimate of drug-likeness (QED) is 0.515. The van der Waals surface area contributed by atoms with Gasteiger partial charge in [0.1, 0.15) is 0 Å². The van der Waals surface area contributed by atoms with Gasteiger partial charge in [-0.05, 0) is 42.9 Å². The van der Waals surface area contributed by atoms with Crippen LogP contribution in [0.2, 0.25) is 0 Å². The van der Waals surface area contributed by atoms with Gasteiger partial charge in [-0.3, -0.25) is 4.79 Å². The maximum Gasteiger partial charge on any atom is 0.156 e. The summed E-state index contributed by atoms with van der Waals surface area (Å²) in [6, 6.07) is 0. The summed E-state index contributed by atoms with van der Waals surface area (Å²) >= 11 is 0. The summed E-state index contributed by atoms with van der Waals surface area (Å²) in [6.07, 6.45) is 7.17. The van der Waals surface area contributed by atoms with E-state index in [1.165, 1.54) is 24.0 Å². The molecule has 2 aliphatic rings. The molecule has 0 amide bonds. The van der Waals surface area contributed by atoms with Crippen LogP contribution < -0.4 is 0 Å². The number of ketones is 1. The zero-order valence-corrected chi connectivity index (χ0v) is 6.76. The lowest BCUT2D eigenvalue weighted by molar-refractivity contribution is -0.115. The van der Waals surface area contributed by atoms with Crippen LogP contribution in [0.1, 0.15) is 26.2 Å². The normalized spacial score (nSPS) is 29.5. The molecule has 0 saturated carbocycles. The van der Waals surface area contributed by atoms with Gasteiger partial charge in [-0.2, -0.15) is 0 Å². The van der Waals surface area contributed by atoms with Crippen LogP contribution in [0.25, 0.3) is 0 Å². The van der Waals surface area contributed by atoms with Crippen molar-refractivity contribution in [3.8, 4) is 0 Å². The summed E-state index contributed by atoms with van der Waals surface area (Å²) in [4.78, 5) is 11.1. The predicted octanol–water partition coefficient (Wildman–Crippen LogP) is 2.24. The molecule has 58 valence electrons. The molecule has 0 radical (unpaired) electrons. The topological polar surface area (TPSA) is 17.1 Å². The van der Waals surface area contributed by atoms with E-state index in [0.717, 1.165) is 6.42 Å². The molecule has 1 unspecified atom stereocenters. The average Bonchev–Trinajstić information content (AvgIpc) is 2.34. The van der Waals surface area contributed by atoms with Gasteiger partial charge in [-0.15, -0.1) is 0 Å². The van der Waals surface area contributed by atoms with Crippen molar-refractivity contribution in [1.29, 1.82) is 0 Å². The molecule has 1 heteroatoms. The van der Waals surface area contributed by atoms with Gasteiger partial charge in [0.05, 0.1) is 0 Å². The van der Waals surface area contributed by atoms with Crippen LogP contribution in [0, 0.1) is 5.92 Å². The first-order chi connectivity index (χ1) is 5.27. The standard InChI is InChI=1S/C10H12O/c1-7-5-9(11)6-8-3-2-4-10(7)8/h4-5,8H,2-3,6H2,1H3. The summed E-state index contributed by atoms with van der Waals surface area (Å²) in [5, 5.41) is 0. The fourth-order valence-electron chi connectivity index (χ4n) is 2.08. The zero-order valence-electron chi connectivity index (χ0n) is 6.76. The van der Waals surface area contributed by atoms with E-state index in [4.69, 9.17) is 0 Å². The highest BCUT2D eigenvalue weighted by molar-refractivity contribution is 5.93. The molecule has 2 aliphatic carbocycles. The van der Waals surface area contributed by atoms with Crippen LogP contribution in [0.3, 0.4) is 0 Å².